The third-order valence-corrected chi connectivity index (χ3v) is 4.78. The van der Waals surface area contributed by atoms with Gasteiger partial charge in [-0.1, -0.05) is 12.1 Å². The molecule has 1 aliphatic heterocycles. The molecular weight excluding hydrogens is 280 g/mol. The zero-order valence-corrected chi connectivity index (χ0v) is 12.1. The summed E-state index contributed by atoms with van der Waals surface area (Å²) in [5.41, 5.74) is 2.25. The molecular formula is C15H13ClO2S. The van der Waals surface area contributed by atoms with Crippen LogP contribution in [0.5, 0.6) is 5.75 Å². The summed E-state index contributed by atoms with van der Waals surface area (Å²) in [6.07, 6.45) is 0.919. The Morgan fingerprint density at radius 3 is 2.95 bits per heavy atom. The van der Waals surface area contributed by atoms with Crippen molar-refractivity contribution in [2.45, 2.75) is 19.4 Å². The average Bonchev–Trinajstić information content (AvgIpc) is 3.04. The summed E-state index contributed by atoms with van der Waals surface area (Å²) in [5, 5.41) is 0. The molecule has 0 spiro atoms. The molecule has 2 heterocycles. The van der Waals surface area contributed by atoms with Crippen molar-refractivity contribution in [1.82, 2.24) is 0 Å². The number of para-hydroxylation sites is 1. The van der Waals surface area contributed by atoms with Gasteiger partial charge in [-0.15, -0.1) is 22.9 Å². The van der Waals surface area contributed by atoms with Crippen LogP contribution in [0.2, 0.25) is 0 Å². The van der Waals surface area contributed by atoms with Crippen LogP contribution >= 0.6 is 22.9 Å². The van der Waals surface area contributed by atoms with Gasteiger partial charge in [0.05, 0.1) is 10.8 Å². The molecule has 19 heavy (non-hydrogen) atoms. The highest BCUT2D eigenvalue weighted by Crippen LogP contribution is 2.41. The summed E-state index contributed by atoms with van der Waals surface area (Å²) in [4.78, 5) is 13.2. The standard InChI is InChI=1S/C15H13ClO2S/c1-9(17)13-5-6-14(19-13)12-4-2-3-10-7-11(8-16)18-15(10)12/h2-6,11H,7-8H2,1H3. The van der Waals surface area contributed by atoms with E-state index in [9.17, 15) is 4.79 Å². The number of thiophene rings is 1. The first-order chi connectivity index (χ1) is 9.19. The summed E-state index contributed by atoms with van der Waals surface area (Å²) < 4.78 is 5.90. The van der Waals surface area contributed by atoms with E-state index in [0.29, 0.717) is 5.88 Å². The molecule has 98 valence electrons. The minimum atomic E-state index is 0.0602. The first-order valence-corrected chi connectivity index (χ1v) is 7.50. The Balaban J connectivity index is 2.02. The van der Waals surface area contributed by atoms with Gasteiger partial charge in [0, 0.05) is 16.9 Å². The van der Waals surface area contributed by atoms with Crippen LogP contribution in [-0.2, 0) is 6.42 Å². The van der Waals surface area contributed by atoms with Gasteiger partial charge < -0.3 is 4.74 Å². The molecule has 4 heteroatoms. The van der Waals surface area contributed by atoms with E-state index in [-0.39, 0.29) is 11.9 Å². The van der Waals surface area contributed by atoms with E-state index >= 15 is 0 Å². The molecule has 0 N–H and O–H groups in total. The summed E-state index contributed by atoms with van der Waals surface area (Å²) >= 11 is 7.38. The number of ether oxygens (including phenoxy) is 1. The van der Waals surface area contributed by atoms with Crippen molar-refractivity contribution in [2.75, 3.05) is 5.88 Å². The van der Waals surface area contributed by atoms with Gasteiger partial charge >= 0.3 is 0 Å². The SMILES string of the molecule is CC(=O)c1ccc(-c2cccc3c2OC(CCl)C3)s1. The van der Waals surface area contributed by atoms with Crippen molar-refractivity contribution in [3.05, 3.63) is 40.8 Å². The minimum absolute atomic E-state index is 0.0602. The van der Waals surface area contributed by atoms with E-state index < -0.39 is 0 Å². The fourth-order valence-corrected chi connectivity index (χ4v) is 3.39. The Hall–Kier alpha value is -1.32. The van der Waals surface area contributed by atoms with Crippen molar-refractivity contribution in [3.8, 4) is 16.2 Å². The quantitative estimate of drug-likeness (QED) is 0.627. The smallest absolute Gasteiger partial charge is 0.169 e. The average molecular weight is 293 g/mol. The number of fused-ring (bicyclic) bond motifs is 1. The maximum absolute atomic E-state index is 11.4. The van der Waals surface area contributed by atoms with E-state index in [1.807, 2.05) is 24.3 Å². The number of benzene rings is 1. The van der Waals surface area contributed by atoms with Gasteiger partial charge in [-0.3, -0.25) is 4.79 Å². The maximum atomic E-state index is 11.4. The molecule has 2 aromatic rings. The third-order valence-electron chi connectivity index (χ3n) is 3.22. The molecule has 1 atom stereocenters. The first-order valence-electron chi connectivity index (χ1n) is 6.14. The van der Waals surface area contributed by atoms with Crippen LogP contribution in [0.25, 0.3) is 10.4 Å². The van der Waals surface area contributed by atoms with Gasteiger partial charge in [0.1, 0.15) is 11.9 Å². The van der Waals surface area contributed by atoms with Crippen molar-refractivity contribution < 1.29 is 9.53 Å². The number of ketones is 1. The van der Waals surface area contributed by atoms with Crippen molar-refractivity contribution in [2.24, 2.45) is 0 Å². The molecule has 0 aliphatic carbocycles. The van der Waals surface area contributed by atoms with Crippen LogP contribution in [0.3, 0.4) is 0 Å². The van der Waals surface area contributed by atoms with Crippen LogP contribution in [0.15, 0.2) is 30.3 Å². The summed E-state index contributed by atoms with van der Waals surface area (Å²) in [7, 11) is 0. The normalized spacial score (nSPS) is 17.1. The van der Waals surface area contributed by atoms with Crippen molar-refractivity contribution in [3.63, 3.8) is 0 Å². The highest BCUT2D eigenvalue weighted by Gasteiger charge is 2.25. The monoisotopic (exact) mass is 292 g/mol. The van der Waals surface area contributed by atoms with Gasteiger partial charge in [-0.2, -0.15) is 0 Å². The molecule has 0 saturated heterocycles. The predicted molar refractivity (Wildman–Crippen MR) is 78.6 cm³/mol. The second-order valence-electron chi connectivity index (χ2n) is 4.61. The Kier molecular flexibility index (Phi) is 3.33. The fraction of sp³-hybridized carbons (Fsp3) is 0.267. The topological polar surface area (TPSA) is 26.3 Å². The van der Waals surface area contributed by atoms with Crippen molar-refractivity contribution >= 4 is 28.7 Å². The van der Waals surface area contributed by atoms with Gasteiger partial charge in [0.25, 0.3) is 0 Å². The summed E-state index contributed by atoms with van der Waals surface area (Å²) in [6, 6.07) is 9.99. The zero-order chi connectivity index (χ0) is 13.4. The molecule has 3 rings (SSSR count). The van der Waals surface area contributed by atoms with Crippen molar-refractivity contribution in [1.29, 1.82) is 0 Å². The number of carbonyl (C=O) groups is 1. The Morgan fingerprint density at radius 1 is 1.42 bits per heavy atom. The van der Waals surface area contributed by atoms with Crippen LogP contribution in [0.1, 0.15) is 22.2 Å². The first kappa shape index (κ1) is 12.7. The van der Waals surface area contributed by atoms with Crippen LogP contribution in [0.4, 0.5) is 0 Å². The number of alkyl halides is 1. The van der Waals surface area contributed by atoms with E-state index in [1.54, 1.807) is 6.92 Å². The Labute approximate surface area is 121 Å². The number of halogens is 1. The van der Waals surface area contributed by atoms with Gasteiger partial charge in [0.2, 0.25) is 0 Å². The number of hydrogen-bond donors (Lipinski definition) is 0. The molecule has 0 saturated carbocycles. The molecule has 1 aromatic heterocycles. The summed E-state index contributed by atoms with van der Waals surface area (Å²) in [5.74, 6) is 1.52. The van der Waals surface area contributed by atoms with Crippen LogP contribution < -0.4 is 4.74 Å². The summed E-state index contributed by atoms with van der Waals surface area (Å²) in [6.45, 7) is 1.59. The fourth-order valence-electron chi connectivity index (χ4n) is 2.29. The Bertz CT molecular complexity index is 633. The largest absolute Gasteiger partial charge is 0.488 e. The van der Waals surface area contributed by atoms with Crippen LogP contribution in [-0.4, -0.2) is 17.8 Å². The molecule has 1 aliphatic rings. The van der Waals surface area contributed by atoms with E-state index in [1.165, 1.54) is 16.9 Å². The number of Topliss-reactive ketones (excluding diaryl/α,β-unsaturated/α-hetero) is 1. The minimum Gasteiger partial charge on any atom is -0.488 e. The van der Waals surface area contributed by atoms with Gasteiger partial charge in [-0.25, -0.2) is 0 Å². The molecule has 0 fully saturated rings. The lowest BCUT2D eigenvalue weighted by Crippen LogP contribution is -2.14. The van der Waals surface area contributed by atoms with Gasteiger partial charge in [-0.05, 0) is 30.7 Å². The molecule has 2 nitrogen and oxygen atoms in total. The Morgan fingerprint density at radius 2 is 2.26 bits per heavy atom. The van der Waals surface area contributed by atoms with E-state index in [2.05, 4.69) is 6.07 Å². The number of carbonyl (C=O) groups excluding carboxylic acids is 1. The highest BCUT2D eigenvalue weighted by molar-refractivity contribution is 7.17. The number of rotatable bonds is 3. The van der Waals surface area contributed by atoms with E-state index in [0.717, 1.165) is 27.5 Å². The van der Waals surface area contributed by atoms with E-state index in [4.69, 9.17) is 16.3 Å². The lowest BCUT2D eigenvalue weighted by Gasteiger charge is -2.08. The lowest BCUT2D eigenvalue weighted by molar-refractivity contribution is 0.102. The number of hydrogen-bond acceptors (Lipinski definition) is 3. The van der Waals surface area contributed by atoms with Gasteiger partial charge in [0.15, 0.2) is 5.78 Å². The lowest BCUT2D eigenvalue weighted by atomic mass is 10.1. The molecule has 0 bridgehead atoms. The second-order valence-corrected chi connectivity index (χ2v) is 6.00. The molecule has 0 radical (unpaired) electrons. The maximum Gasteiger partial charge on any atom is 0.169 e. The van der Waals surface area contributed by atoms with Crippen LogP contribution in [0, 0.1) is 0 Å². The highest BCUT2D eigenvalue weighted by atomic mass is 35.5. The zero-order valence-electron chi connectivity index (χ0n) is 10.5. The molecule has 1 unspecified atom stereocenters. The third kappa shape index (κ3) is 2.28. The molecule has 0 amide bonds. The molecule has 1 aromatic carbocycles. The predicted octanol–water partition coefficient (Wildman–Crippen LogP) is 4.16. The second kappa shape index (κ2) is 4.99.